The van der Waals surface area contributed by atoms with Crippen LogP contribution in [-0.4, -0.2) is 11.5 Å². The van der Waals surface area contributed by atoms with Crippen LogP contribution in [0.25, 0.3) is 0 Å². The van der Waals surface area contributed by atoms with Gasteiger partial charge < -0.3 is 5.73 Å². The molecule has 16 heavy (non-hydrogen) atoms. The molecule has 0 radical (unpaired) electrons. The summed E-state index contributed by atoms with van der Waals surface area (Å²) in [5, 5.41) is 0. The molecule has 1 aromatic rings. The van der Waals surface area contributed by atoms with Crippen LogP contribution in [0.3, 0.4) is 0 Å². The van der Waals surface area contributed by atoms with E-state index in [1.807, 2.05) is 23.9 Å². The van der Waals surface area contributed by atoms with Crippen molar-refractivity contribution in [2.45, 2.75) is 25.4 Å². The normalized spacial score (nSPS) is 21.6. The molecule has 1 aromatic carbocycles. The van der Waals surface area contributed by atoms with Crippen molar-refractivity contribution in [1.82, 2.24) is 0 Å². The molecule has 0 amide bonds. The minimum Gasteiger partial charge on any atom is -0.399 e. The highest BCUT2D eigenvalue weighted by Gasteiger charge is 2.36. The first kappa shape index (κ1) is 11.8. The second-order valence-corrected chi connectivity index (χ2v) is 5.81. The average molecular weight is 239 g/mol. The van der Waals surface area contributed by atoms with Crippen LogP contribution in [0.2, 0.25) is 0 Å². The molecule has 1 heterocycles. The molecule has 1 aliphatic heterocycles. The molecule has 1 fully saturated rings. The number of halogens is 1. The summed E-state index contributed by atoms with van der Waals surface area (Å²) in [6.45, 7) is 1.70. The topological polar surface area (TPSA) is 26.0 Å². The molecule has 1 unspecified atom stereocenters. The van der Waals surface area contributed by atoms with Gasteiger partial charge in [-0.25, -0.2) is 4.39 Å². The van der Waals surface area contributed by atoms with E-state index in [1.54, 1.807) is 19.1 Å². The van der Waals surface area contributed by atoms with Crippen molar-refractivity contribution in [1.29, 1.82) is 0 Å². The third kappa shape index (κ3) is 2.34. The van der Waals surface area contributed by atoms with Crippen LogP contribution in [0.1, 0.15) is 25.3 Å². The smallest absolute Gasteiger partial charge is 0.136 e. The molecule has 0 aromatic heterocycles. The Morgan fingerprint density at radius 1 is 1.38 bits per heavy atom. The second-order valence-electron chi connectivity index (χ2n) is 4.59. The number of hydrogen-bond acceptors (Lipinski definition) is 2. The molecule has 1 saturated heterocycles. The highest BCUT2D eigenvalue weighted by atomic mass is 32.2. The summed E-state index contributed by atoms with van der Waals surface area (Å²) < 4.78 is 14.8. The molecule has 0 saturated carbocycles. The summed E-state index contributed by atoms with van der Waals surface area (Å²) in [4.78, 5) is 0. The van der Waals surface area contributed by atoms with Gasteiger partial charge in [0.1, 0.15) is 5.67 Å². The predicted octanol–water partition coefficient (Wildman–Crippen LogP) is 3.60. The summed E-state index contributed by atoms with van der Waals surface area (Å²) in [6, 6.07) is 7.25. The van der Waals surface area contributed by atoms with Gasteiger partial charge in [0.2, 0.25) is 0 Å². The Balaban J connectivity index is 2.22. The average Bonchev–Trinajstić information content (AvgIpc) is 2.30. The number of nitrogen functional groups attached to an aromatic ring is 1. The van der Waals surface area contributed by atoms with Crippen molar-refractivity contribution in [3.8, 4) is 0 Å². The van der Waals surface area contributed by atoms with Gasteiger partial charge in [0.05, 0.1) is 0 Å². The van der Waals surface area contributed by atoms with Gasteiger partial charge in [0, 0.05) is 5.69 Å². The lowest BCUT2D eigenvalue weighted by Crippen LogP contribution is -2.30. The summed E-state index contributed by atoms with van der Waals surface area (Å²) in [7, 11) is 0. The lowest BCUT2D eigenvalue weighted by molar-refractivity contribution is 0.0938. The van der Waals surface area contributed by atoms with Crippen molar-refractivity contribution >= 4 is 17.4 Å². The Labute approximate surface area is 101 Å². The summed E-state index contributed by atoms with van der Waals surface area (Å²) >= 11 is 1.92. The molecule has 0 aliphatic carbocycles. The van der Waals surface area contributed by atoms with Gasteiger partial charge in [-0.05, 0) is 54.9 Å². The lowest BCUT2D eigenvalue weighted by Gasteiger charge is -2.33. The lowest BCUT2D eigenvalue weighted by atomic mass is 9.81. The number of hydrogen-bond donors (Lipinski definition) is 1. The molecular formula is C13H18FNS. The monoisotopic (exact) mass is 239 g/mol. The zero-order valence-corrected chi connectivity index (χ0v) is 10.4. The summed E-state index contributed by atoms with van der Waals surface area (Å²) in [6.07, 6.45) is 1.93. The standard InChI is InChI=1S/C13H18FNS/c1-13(14,10-5-7-16-8-6-10)11-3-2-4-12(15)9-11/h2-4,9-10H,5-8,15H2,1H3. The molecule has 0 bridgehead atoms. The first-order valence-electron chi connectivity index (χ1n) is 5.73. The van der Waals surface area contributed by atoms with Gasteiger partial charge in [-0.2, -0.15) is 11.8 Å². The number of nitrogens with two attached hydrogens (primary N) is 1. The molecule has 1 atom stereocenters. The van der Waals surface area contributed by atoms with Crippen LogP contribution < -0.4 is 5.73 Å². The fourth-order valence-corrected chi connectivity index (χ4v) is 3.42. The fourth-order valence-electron chi connectivity index (χ4n) is 2.32. The van der Waals surface area contributed by atoms with Gasteiger partial charge in [0.25, 0.3) is 0 Å². The van der Waals surface area contributed by atoms with Crippen molar-refractivity contribution in [3.05, 3.63) is 29.8 Å². The predicted molar refractivity (Wildman–Crippen MR) is 69.4 cm³/mol. The van der Waals surface area contributed by atoms with E-state index in [0.717, 1.165) is 29.9 Å². The third-order valence-electron chi connectivity index (χ3n) is 3.44. The van der Waals surface area contributed by atoms with Gasteiger partial charge in [0.15, 0.2) is 0 Å². The summed E-state index contributed by atoms with van der Waals surface area (Å²) in [5.41, 5.74) is 5.85. The van der Waals surface area contributed by atoms with E-state index in [9.17, 15) is 4.39 Å². The van der Waals surface area contributed by atoms with Crippen LogP contribution in [-0.2, 0) is 5.67 Å². The van der Waals surface area contributed by atoms with Gasteiger partial charge in [-0.15, -0.1) is 0 Å². The molecular weight excluding hydrogens is 221 g/mol. The highest BCUT2D eigenvalue weighted by Crippen LogP contribution is 2.41. The highest BCUT2D eigenvalue weighted by molar-refractivity contribution is 7.99. The number of rotatable bonds is 2. The van der Waals surface area contributed by atoms with E-state index in [0.29, 0.717) is 5.69 Å². The molecule has 3 heteroatoms. The molecule has 1 aliphatic rings. The van der Waals surface area contributed by atoms with Crippen LogP contribution in [0.5, 0.6) is 0 Å². The molecule has 0 spiro atoms. The molecule has 88 valence electrons. The maximum atomic E-state index is 14.8. The molecule has 1 nitrogen and oxygen atoms in total. The van der Waals surface area contributed by atoms with Crippen LogP contribution in [0, 0.1) is 5.92 Å². The first-order chi connectivity index (χ1) is 7.60. The van der Waals surface area contributed by atoms with E-state index in [4.69, 9.17) is 5.73 Å². The van der Waals surface area contributed by atoms with Gasteiger partial charge >= 0.3 is 0 Å². The number of alkyl halides is 1. The minimum atomic E-state index is -1.24. The third-order valence-corrected chi connectivity index (χ3v) is 4.49. The Morgan fingerprint density at radius 3 is 2.69 bits per heavy atom. The van der Waals surface area contributed by atoms with Gasteiger partial charge in [-0.1, -0.05) is 12.1 Å². The Hall–Kier alpha value is -0.700. The van der Waals surface area contributed by atoms with Crippen LogP contribution in [0.4, 0.5) is 10.1 Å². The largest absolute Gasteiger partial charge is 0.399 e. The van der Waals surface area contributed by atoms with E-state index in [1.165, 1.54) is 0 Å². The maximum absolute atomic E-state index is 14.8. The van der Waals surface area contributed by atoms with Gasteiger partial charge in [-0.3, -0.25) is 0 Å². The quantitative estimate of drug-likeness (QED) is 0.798. The SMILES string of the molecule is CC(F)(c1cccc(N)c1)C1CCSCC1. The number of benzene rings is 1. The minimum absolute atomic E-state index is 0.135. The Bertz CT molecular complexity index is 359. The number of thioether (sulfide) groups is 1. The van der Waals surface area contributed by atoms with Crippen LogP contribution in [0.15, 0.2) is 24.3 Å². The zero-order chi connectivity index (χ0) is 11.6. The fraction of sp³-hybridized carbons (Fsp3) is 0.538. The maximum Gasteiger partial charge on any atom is 0.136 e. The Kier molecular flexibility index (Phi) is 3.43. The zero-order valence-electron chi connectivity index (χ0n) is 9.58. The second kappa shape index (κ2) is 4.66. The van der Waals surface area contributed by atoms with E-state index >= 15 is 0 Å². The van der Waals surface area contributed by atoms with E-state index in [-0.39, 0.29) is 5.92 Å². The van der Waals surface area contributed by atoms with Crippen molar-refractivity contribution < 1.29 is 4.39 Å². The first-order valence-corrected chi connectivity index (χ1v) is 6.89. The van der Waals surface area contributed by atoms with Crippen LogP contribution >= 0.6 is 11.8 Å². The number of anilines is 1. The van der Waals surface area contributed by atoms with E-state index < -0.39 is 5.67 Å². The molecule has 2 rings (SSSR count). The van der Waals surface area contributed by atoms with Crippen molar-refractivity contribution in [3.63, 3.8) is 0 Å². The Morgan fingerprint density at radius 2 is 2.06 bits per heavy atom. The summed E-state index contributed by atoms with van der Waals surface area (Å²) in [5.74, 6) is 2.29. The van der Waals surface area contributed by atoms with Crippen molar-refractivity contribution in [2.75, 3.05) is 17.2 Å². The molecule has 2 N–H and O–H groups in total. The van der Waals surface area contributed by atoms with E-state index in [2.05, 4.69) is 0 Å². The van der Waals surface area contributed by atoms with Crippen molar-refractivity contribution in [2.24, 2.45) is 5.92 Å².